The molecule has 204 valence electrons. The molecule has 0 bridgehead atoms. The zero-order valence-corrected chi connectivity index (χ0v) is 21.6. The zero-order chi connectivity index (χ0) is 28.5. The lowest BCUT2D eigenvalue weighted by Gasteiger charge is -2.19. The molecule has 1 fully saturated rings. The Morgan fingerprint density at radius 2 is 1.72 bits per heavy atom. The van der Waals surface area contributed by atoms with E-state index in [-0.39, 0.29) is 39.3 Å². The second-order valence-corrected chi connectivity index (χ2v) is 11.5. The van der Waals surface area contributed by atoms with Crippen molar-refractivity contribution in [3.05, 3.63) is 41.9 Å². The van der Waals surface area contributed by atoms with Gasteiger partial charge in [-0.1, -0.05) is 6.92 Å². The molecule has 15 heteroatoms. The highest BCUT2D eigenvalue weighted by atomic mass is 32.2. The fourth-order valence-corrected chi connectivity index (χ4v) is 5.57. The van der Waals surface area contributed by atoms with Gasteiger partial charge >= 0.3 is 12.1 Å². The molecule has 9 nitrogen and oxygen atoms in total. The fraction of sp³-hybridized carbons (Fsp3) is 0.375. The van der Waals surface area contributed by atoms with Crippen LogP contribution in [0.15, 0.2) is 35.6 Å². The number of rotatable bonds is 6. The molecule has 0 amide bonds. The predicted octanol–water partition coefficient (Wildman–Crippen LogP) is 4.43. The Morgan fingerprint density at radius 1 is 1.03 bits per heavy atom. The average molecular weight is 566 g/mol. The summed E-state index contributed by atoms with van der Waals surface area (Å²) in [6, 6.07) is 6.16. The second-order valence-electron chi connectivity index (χ2n) is 9.31. The van der Waals surface area contributed by atoms with Crippen LogP contribution in [0.4, 0.5) is 22.0 Å². The summed E-state index contributed by atoms with van der Waals surface area (Å²) in [7, 11) is -1.04. The topological polar surface area (TPSA) is 119 Å². The number of aryl methyl sites for hydroxylation is 1. The van der Waals surface area contributed by atoms with Crippen molar-refractivity contribution in [2.75, 3.05) is 5.75 Å². The summed E-state index contributed by atoms with van der Waals surface area (Å²) >= 11 is 0. The Balaban J connectivity index is 1.68. The van der Waals surface area contributed by atoms with Gasteiger partial charge in [0.1, 0.15) is 17.0 Å². The van der Waals surface area contributed by atoms with Crippen LogP contribution in [-0.2, 0) is 35.3 Å². The maximum Gasteiger partial charge on any atom is 0.458 e. The van der Waals surface area contributed by atoms with Crippen LogP contribution in [0.2, 0.25) is 0 Å². The van der Waals surface area contributed by atoms with E-state index in [1.807, 2.05) is 0 Å². The van der Waals surface area contributed by atoms with Crippen molar-refractivity contribution in [2.45, 2.75) is 42.3 Å². The molecule has 1 aliphatic carbocycles. The van der Waals surface area contributed by atoms with Crippen molar-refractivity contribution in [1.82, 2.24) is 29.1 Å². The molecule has 4 aromatic rings. The monoisotopic (exact) mass is 565 g/mol. The number of alkyl halides is 5. The van der Waals surface area contributed by atoms with Gasteiger partial charge in [0.2, 0.25) is 0 Å². The lowest BCUT2D eigenvalue weighted by atomic mass is 10.0. The number of fused-ring (bicyclic) bond motifs is 1. The Bertz CT molecular complexity index is 1760. The van der Waals surface area contributed by atoms with Gasteiger partial charge in [0.15, 0.2) is 26.3 Å². The molecule has 1 aliphatic rings. The van der Waals surface area contributed by atoms with Crippen LogP contribution in [0.25, 0.3) is 34.1 Å². The van der Waals surface area contributed by atoms with E-state index in [9.17, 15) is 35.6 Å². The molecule has 0 aromatic carbocycles. The van der Waals surface area contributed by atoms with E-state index in [0.29, 0.717) is 36.4 Å². The highest BCUT2D eigenvalue weighted by Gasteiger charge is 2.59. The number of hydrogen-bond acceptors (Lipinski definition) is 7. The van der Waals surface area contributed by atoms with Crippen LogP contribution in [0, 0.1) is 11.3 Å². The summed E-state index contributed by atoms with van der Waals surface area (Å²) in [6.45, 7) is 1.43. The zero-order valence-electron chi connectivity index (χ0n) is 20.8. The molecule has 39 heavy (non-hydrogen) atoms. The smallest absolute Gasteiger partial charge is 0.318 e. The second kappa shape index (κ2) is 8.54. The van der Waals surface area contributed by atoms with Crippen LogP contribution in [0.1, 0.15) is 31.0 Å². The molecule has 5 rings (SSSR count). The molecular weight excluding hydrogens is 545 g/mol. The standard InChI is InChI=1S/C24H20F5N7O2S/c1-4-39(37,38)21-17(34-18(36(21)3)13-5-6-16(31-10-13)22(12-30)7-8-22)20-33-15-9-14(11-32-19(15)35(20)2)23(25,26)24(27,28)29/h5-6,9-11H,4,7-8H2,1-3H3. The van der Waals surface area contributed by atoms with Gasteiger partial charge in [0.25, 0.3) is 0 Å². The minimum Gasteiger partial charge on any atom is -0.318 e. The van der Waals surface area contributed by atoms with Crippen LogP contribution in [0.5, 0.6) is 0 Å². The third-order valence-corrected chi connectivity index (χ3v) is 8.65. The normalized spacial score (nSPS) is 15.5. The number of nitrogens with zero attached hydrogens (tertiary/aromatic N) is 7. The number of pyridine rings is 2. The summed E-state index contributed by atoms with van der Waals surface area (Å²) in [4.78, 5) is 16.8. The first-order valence-corrected chi connectivity index (χ1v) is 13.3. The molecule has 0 saturated heterocycles. The van der Waals surface area contributed by atoms with Crippen molar-refractivity contribution in [3.63, 3.8) is 0 Å². The lowest BCUT2D eigenvalue weighted by molar-refractivity contribution is -0.289. The Morgan fingerprint density at radius 3 is 2.26 bits per heavy atom. The van der Waals surface area contributed by atoms with Gasteiger partial charge in [0, 0.05) is 32.1 Å². The van der Waals surface area contributed by atoms with E-state index in [0.717, 1.165) is 0 Å². The van der Waals surface area contributed by atoms with Gasteiger partial charge in [-0.05, 0) is 31.0 Å². The number of aromatic nitrogens is 6. The van der Waals surface area contributed by atoms with Gasteiger partial charge in [-0.15, -0.1) is 0 Å². The summed E-state index contributed by atoms with van der Waals surface area (Å²) < 4.78 is 95.5. The number of halogens is 5. The van der Waals surface area contributed by atoms with Gasteiger partial charge in [-0.25, -0.2) is 23.4 Å². The van der Waals surface area contributed by atoms with Crippen LogP contribution in [-0.4, -0.2) is 49.4 Å². The minimum atomic E-state index is -5.84. The molecule has 0 atom stereocenters. The van der Waals surface area contributed by atoms with Crippen molar-refractivity contribution in [1.29, 1.82) is 5.26 Å². The third kappa shape index (κ3) is 4.05. The Kier molecular flexibility index (Phi) is 5.84. The summed E-state index contributed by atoms with van der Waals surface area (Å²) in [5.41, 5.74) is -1.44. The maximum atomic E-state index is 13.9. The first kappa shape index (κ1) is 26.7. The fourth-order valence-electron chi connectivity index (χ4n) is 4.36. The van der Waals surface area contributed by atoms with Crippen molar-refractivity contribution < 1.29 is 30.4 Å². The largest absolute Gasteiger partial charge is 0.458 e. The van der Waals surface area contributed by atoms with Crippen LogP contribution < -0.4 is 0 Å². The summed E-state index contributed by atoms with van der Waals surface area (Å²) in [5.74, 6) is -5.36. The molecule has 4 heterocycles. The minimum absolute atomic E-state index is 0.0453. The van der Waals surface area contributed by atoms with E-state index in [1.54, 1.807) is 12.1 Å². The van der Waals surface area contributed by atoms with Gasteiger partial charge in [0.05, 0.1) is 28.5 Å². The molecule has 1 saturated carbocycles. The summed E-state index contributed by atoms with van der Waals surface area (Å²) in [5, 5.41) is 9.20. The van der Waals surface area contributed by atoms with Crippen LogP contribution >= 0.6 is 0 Å². The predicted molar refractivity (Wildman–Crippen MR) is 128 cm³/mol. The van der Waals surface area contributed by atoms with Crippen molar-refractivity contribution in [3.8, 4) is 29.0 Å². The van der Waals surface area contributed by atoms with E-state index < -0.39 is 32.9 Å². The Labute approximate surface area is 218 Å². The van der Waals surface area contributed by atoms with Gasteiger partial charge in [-0.3, -0.25) is 4.98 Å². The lowest BCUT2D eigenvalue weighted by Crippen LogP contribution is -2.33. The van der Waals surface area contributed by atoms with Gasteiger partial charge in [-0.2, -0.15) is 27.2 Å². The first-order valence-electron chi connectivity index (χ1n) is 11.6. The number of sulfone groups is 1. The van der Waals surface area contributed by atoms with Crippen LogP contribution in [0.3, 0.4) is 0 Å². The molecule has 0 spiro atoms. The van der Waals surface area contributed by atoms with E-state index in [2.05, 4.69) is 26.0 Å². The van der Waals surface area contributed by atoms with E-state index in [1.165, 1.54) is 36.4 Å². The maximum absolute atomic E-state index is 13.9. The van der Waals surface area contributed by atoms with Crippen molar-refractivity contribution >= 4 is 21.0 Å². The SMILES string of the molecule is CCS(=O)(=O)c1c(-c2nc3cc(C(F)(F)C(F)(F)F)cnc3n2C)nc(-c2ccc(C3(C#N)CC3)nc2)n1C. The molecule has 0 aliphatic heterocycles. The quantitative estimate of drug-likeness (QED) is 0.317. The highest BCUT2D eigenvalue weighted by molar-refractivity contribution is 7.91. The molecule has 0 unspecified atom stereocenters. The summed E-state index contributed by atoms with van der Waals surface area (Å²) in [6.07, 6.45) is -2.56. The average Bonchev–Trinajstić information content (AvgIpc) is 3.52. The van der Waals surface area contributed by atoms with E-state index >= 15 is 0 Å². The number of imidazole rings is 2. The third-order valence-electron chi connectivity index (χ3n) is 6.83. The number of hydrogen-bond donors (Lipinski definition) is 0. The number of nitriles is 1. The molecule has 0 radical (unpaired) electrons. The molecule has 0 N–H and O–H groups in total. The van der Waals surface area contributed by atoms with Crippen molar-refractivity contribution in [2.24, 2.45) is 14.1 Å². The van der Waals surface area contributed by atoms with Gasteiger partial charge < -0.3 is 9.13 Å². The highest BCUT2D eigenvalue weighted by Crippen LogP contribution is 2.47. The van der Waals surface area contributed by atoms with E-state index in [4.69, 9.17) is 0 Å². The molecular formula is C24H20F5N7O2S. The molecule has 4 aromatic heterocycles. The Hall–Kier alpha value is -3.93. The first-order chi connectivity index (χ1) is 18.2.